The Hall–Kier alpha value is 1.06. The molecule has 2 nitrogen and oxygen atoms in total. The largest absolute Gasteiger partial charge is 1.00 e. The third-order valence-electron chi connectivity index (χ3n) is 1.70. The second-order valence-corrected chi connectivity index (χ2v) is 4.00. The molecule has 0 spiro atoms. The Morgan fingerprint density at radius 1 is 1.17 bits per heavy atom. The van der Waals surface area contributed by atoms with Crippen molar-refractivity contribution in [2.75, 3.05) is 6.16 Å². The van der Waals surface area contributed by atoms with Gasteiger partial charge in [0.05, 0.1) is 0 Å². The summed E-state index contributed by atoms with van der Waals surface area (Å²) in [4.78, 5) is 8.46. The van der Waals surface area contributed by atoms with Gasteiger partial charge >= 0.3 is 37.6 Å². The van der Waals surface area contributed by atoms with Crippen molar-refractivity contribution in [1.82, 2.24) is 0 Å². The van der Waals surface area contributed by atoms with Gasteiger partial charge in [-0.3, -0.25) is 0 Å². The Morgan fingerprint density at radius 2 is 1.67 bits per heavy atom. The Kier molecular flexibility index (Phi) is 15.6. The van der Waals surface area contributed by atoms with Crippen molar-refractivity contribution >= 4 is 8.03 Å². The first kappa shape index (κ1) is 15.5. The van der Waals surface area contributed by atoms with E-state index < -0.39 is 8.03 Å². The van der Waals surface area contributed by atoms with E-state index in [1.54, 1.807) is 0 Å². The van der Waals surface area contributed by atoms with Crippen LogP contribution in [0.4, 0.5) is 0 Å². The van der Waals surface area contributed by atoms with Crippen molar-refractivity contribution in [3.63, 3.8) is 0 Å². The zero-order chi connectivity index (χ0) is 8.53. The fourth-order valence-corrected chi connectivity index (χ4v) is 1.52. The van der Waals surface area contributed by atoms with Gasteiger partial charge in [0.15, 0.2) is 6.16 Å². The van der Waals surface area contributed by atoms with E-state index >= 15 is 0 Å². The molecule has 0 radical (unpaired) electrons. The van der Waals surface area contributed by atoms with E-state index in [4.69, 9.17) is 4.89 Å². The van der Waals surface area contributed by atoms with Gasteiger partial charge in [0.25, 0.3) is 0 Å². The molecular weight excluding hydrogens is 182 g/mol. The van der Waals surface area contributed by atoms with Gasteiger partial charge in [-0.25, -0.2) is 0 Å². The third kappa shape index (κ3) is 13.6. The summed E-state index contributed by atoms with van der Waals surface area (Å²) in [5.41, 5.74) is 0. The van der Waals surface area contributed by atoms with Crippen LogP contribution < -0.4 is 29.6 Å². The normalized spacial score (nSPS) is 10.7. The van der Waals surface area contributed by atoms with Crippen molar-refractivity contribution in [3.8, 4) is 0 Å². The Balaban J connectivity index is -0.000000500. The molecule has 0 aromatic heterocycles. The average Bonchev–Trinajstić information content (AvgIpc) is 1.96. The molecule has 0 aromatic carbocycles. The van der Waals surface area contributed by atoms with Gasteiger partial charge < -0.3 is 1.43 Å². The monoisotopic (exact) mass is 201 g/mol. The molecule has 1 atom stereocenters. The second-order valence-electron chi connectivity index (χ2n) is 2.84. The van der Waals surface area contributed by atoms with E-state index in [1.165, 1.54) is 25.7 Å². The van der Waals surface area contributed by atoms with Crippen LogP contribution in [-0.4, -0.2) is 11.1 Å². The van der Waals surface area contributed by atoms with Crippen LogP contribution in [0, 0.1) is 0 Å². The van der Waals surface area contributed by atoms with Gasteiger partial charge in [-0.1, -0.05) is 32.6 Å². The first-order valence-corrected chi connectivity index (χ1v) is 5.80. The molecule has 0 saturated carbocycles. The Morgan fingerprint density at radius 3 is 2.17 bits per heavy atom. The molecule has 0 amide bonds. The van der Waals surface area contributed by atoms with Crippen LogP contribution in [0.2, 0.25) is 0 Å². The van der Waals surface area contributed by atoms with Crippen LogP contribution in [0.15, 0.2) is 0 Å². The molecule has 68 valence electrons. The fourth-order valence-electron chi connectivity index (χ4n) is 1.03. The van der Waals surface area contributed by atoms with E-state index in [0.29, 0.717) is 6.16 Å². The van der Waals surface area contributed by atoms with Crippen LogP contribution in [0.5, 0.6) is 0 Å². The summed E-state index contributed by atoms with van der Waals surface area (Å²) in [7, 11) is -1.87. The van der Waals surface area contributed by atoms with E-state index in [-0.39, 0.29) is 31.0 Å². The van der Waals surface area contributed by atoms with Crippen molar-refractivity contribution in [2.45, 2.75) is 45.4 Å². The van der Waals surface area contributed by atoms with E-state index in [2.05, 4.69) is 6.92 Å². The molecule has 4 heteroatoms. The standard InChI is InChI=1S/C8H17O2P.Na.H/c1-2-3-4-5-6-7-8-11(9)10;;/h2-8H2,1H3;;/q;+1;-1/p+1. The summed E-state index contributed by atoms with van der Waals surface area (Å²) in [5, 5.41) is 0. The maximum atomic E-state index is 10.2. The van der Waals surface area contributed by atoms with E-state index in [9.17, 15) is 4.57 Å². The molecule has 0 bridgehead atoms. The molecule has 1 N–H and O–H groups in total. The van der Waals surface area contributed by atoms with Crippen LogP contribution in [0.1, 0.15) is 46.9 Å². The number of rotatable bonds is 7. The summed E-state index contributed by atoms with van der Waals surface area (Å²) in [5.74, 6) is 0. The topological polar surface area (TPSA) is 37.3 Å². The average molecular weight is 201 g/mol. The Bertz CT molecular complexity index is 114. The number of hydrogen-bond donors (Lipinski definition) is 1. The molecule has 12 heavy (non-hydrogen) atoms. The SMILES string of the molecule is CCCCCCCC[P+](=O)O.[H-].[Na+]. The first-order valence-electron chi connectivity index (χ1n) is 4.41. The molecule has 0 saturated heterocycles. The molecule has 0 fully saturated rings. The fraction of sp³-hybridized carbons (Fsp3) is 1.00. The van der Waals surface area contributed by atoms with E-state index in [1.807, 2.05) is 0 Å². The van der Waals surface area contributed by atoms with Gasteiger partial charge in [-0.05, 0) is 17.4 Å². The summed E-state index contributed by atoms with van der Waals surface area (Å²) in [6, 6.07) is 0. The molecule has 0 rings (SSSR count). The number of hydrogen-bond acceptors (Lipinski definition) is 1. The van der Waals surface area contributed by atoms with Crippen molar-refractivity contribution in [1.29, 1.82) is 0 Å². The van der Waals surface area contributed by atoms with Gasteiger partial charge in [-0.2, -0.15) is 4.89 Å². The van der Waals surface area contributed by atoms with Crippen molar-refractivity contribution in [3.05, 3.63) is 0 Å². The van der Waals surface area contributed by atoms with Crippen molar-refractivity contribution in [2.24, 2.45) is 0 Å². The van der Waals surface area contributed by atoms with Crippen LogP contribution >= 0.6 is 8.03 Å². The maximum Gasteiger partial charge on any atom is 1.00 e. The van der Waals surface area contributed by atoms with Gasteiger partial charge in [0.2, 0.25) is 0 Å². The van der Waals surface area contributed by atoms with Gasteiger partial charge in [0.1, 0.15) is 0 Å². The summed E-state index contributed by atoms with van der Waals surface area (Å²) >= 11 is 0. The Labute approximate surface area is 99.8 Å². The quantitative estimate of drug-likeness (QED) is 0.363. The van der Waals surface area contributed by atoms with Crippen LogP contribution in [0.3, 0.4) is 0 Å². The second kappa shape index (κ2) is 12.1. The molecule has 1 unspecified atom stereocenters. The minimum Gasteiger partial charge on any atom is -1.00 e. The summed E-state index contributed by atoms with van der Waals surface area (Å²) < 4.78 is 10.2. The summed E-state index contributed by atoms with van der Waals surface area (Å²) in [6.45, 7) is 2.19. The van der Waals surface area contributed by atoms with Crippen LogP contribution in [0.25, 0.3) is 0 Å². The smallest absolute Gasteiger partial charge is 1.00 e. The third-order valence-corrected chi connectivity index (χ3v) is 2.40. The molecule has 0 aliphatic carbocycles. The predicted molar refractivity (Wildman–Crippen MR) is 49.2 cm³/mol. The molecular formula is C8H19NaO2P+. The number of unbranched alkanes of at least 4 members (excludes halogenated alkanes) is 5. The zero-order valence-electron chi connectivity index (χ0n) is 9.25. The molecule has 0 heterocycles. The molecule has 0 aromatic rings. The molecule has 0 aliphatic rings. The predicted octanol–water partition coefficient (Wildman–Crippen LogP) is 0.198. The van der Waals surface area contributed by atoms with Crippen molar-refractivity contribution < 1.29 is 40.4 Å². The van der Waals surface area contributed by atoms with Gasteiger partial charge in [-0.15, -0.1) is 0 Å². The van der Waals surface area contributed by atoms with Gasteiger partial charge in [0, 0.05) is 0 Å². The molecule has 0 aliphatic heterocycles. The first-order chi connectivity index (χ1) is 5.27. The minimum atomic E-state index is -1.87. The maximum absolute atomic E-state index is 10.2. The summed E-state index contributed by atoms with van der Waals surface area (Å²) in [6.07, 6.45) is 7.56. The minimum absolute atomic E-state index is 0. The van der Waals surface area contributed by atoms with Crippen LogP contribution in [-0.2, 0) is 4.57 Å². The van der Waals surface area contributed by atoms with E-state index in [0.717, 1.165) is 12.8 Å². The zero-order valence-corrected chi connectivity index (χ0v) is 11.1.